The average Bonchev–Trinajstić information content (AvgIpc) is 3.31. The van der Waals surface area contributed by atoms with Crippen LogP contribution in [0.25, 0.3) is 0 Å². The first-order valence-electron chi connectivity index (χ1n) is 11.9. The lowest BCUT2D eigenvalue weighted by atomic mass is 9.43. The van der Waals surface area contributed by atoms with E-state index in [9.17, 15) is 4.79 Å². The van der Waals surface area contributed by atoms with Crippen LogP contribution in [0.4, 0.5) is 0 Å². The van der Waals surface area contributed by atoms with E-state index in [0.717, 1.165) is 44.2 Å². The lowest BCUT2D eigenvalue weighted by Gasteiger charge is -2.62. The summed E-state index contributed by atoms with van der Waals surface area (Å²) in [6.07, 6.45) is 12.4. The first-order valence-corrected chi connectivity index (χ1v) is 11.9. The van der Waals surface area contributed by atoms with Gasteiger partial charge in [0.2, 0.25) is 0 Å². The van der Waals surface area contributed by atoms with Gasteiger partial charge in [-0.15, -0.1) is 0 Å². The molecule has 1 aliphatic heterocycles. The quantitative estimate of drug-likeness (QED) is 0.714. The number of nitrogens with one attached hydrogen (secondary N) is 2. The van der Waals surface area contributed by atoms with Gasteiger partial charge in [0.15, 0.2) is 0 Å². The topological polar surface area (TPSA) is 62.2 Å². The summed E-state index contributed by atoms with van der Waals surface area (Å²) in [6.45, 7) is 7.18. The Balaban J connectivity index is 1.36. The molecule has 2 N–H and O–H groups in total. The fourth-order valence-corrected chi connectivity index (χ4v) is 8.60. The van der Waals surface area contributed by atoms with Crippen molar-refractivity contribution in [3.8, 4) is 0 Å². The fraction of sp³-hybridized carbons (Fsp3) is 0.917. The molecule has 2 unspecified atom stereocenters. The van der Waals surface area contributed by atoms with E-state index in [0.29, 0.717) is 47.6 Å². The third kappa shape index (κ3) is 2.70. The van der Waals surface area contributed by atoms with E-state index < -0.39 is 5.41 Å². The largest absolute Gasteiger partial charge is 0.374 e. The lowest BCUT2D eigenvalue weighted by Crippen LogP contribution is -2.57. The van der Waals surface area contributed by atoms with Gasteiger partial charge in [-0.2, -0.15) is 0 Å². The monoisotopic (exact) mass is 386 g/mol. The number of rotatable bonds is 3. The van der Waals surface area contributed by atoms with Crippen molar-refractivity contribution in [3.63, 3.8) is 0 Å². The van der Waals surface area contributed by atoms with Crippen molar-refractivity contribution in [2.45, 2.75) is 83.8 Å². The molecule has 4 aliphatic carbocycles. The van der Waals surface area contributed by atoms with Crippen LogP contribution in [0.1, 0.15) is 71.6 Å². The van der Waals surface area contributed by atoms with Gasteiger partial charge in [0, 0.05) is 19.2 Å². The minimum absolute atomic E-state index is 0.369. The summed E-state index contributed by atoms with van der Waals surface area (Å²) in [7, 11) is 0. The summed E-state index contributed by atoms with van der Waals surface area (Å²) in [5.74, 6) is 3.66. The van der Waals surface area contributed by atoms with E-state index >= 15 is 0 Å². The molecule has 0 aromatic rings. The fourth-order valence-electron chi connectivity index (χ4n) is 8.60. The van der Waals surface area contributed by atoms with Crippen LogP contribution < -0.4 is 5.32 Å². The Labute approximate surface area is 170 Å². The van der Waals surface area contributed by atoms with E-state index in [1.165, 1.54) is 32.1 Å². The first kappa shape index (κ1) is 19.2. The molecule has 0 aromatic heterocycles. The van der Waals surface area contributed by atoms with Gasteiger partial charge in [0.05, 0.1) is 17.6 Å². The minimum Gasteiger partial charge on any atom is -0.374 e. The molecule has 9 atom stereocenters. The zero-order valence-electron chi connectivity index (χ0n) is 17.7. The van der Waals surface area contributed by atoms with Crippen molar-refractivity contribution in [2.24, 2.45) is 40.4 Å². The number of Topliss-reactive ketones (excluding diaryl/α,β-unsaturated/α-hetero) is 1. The highest BCUT2D eigenvalue weighted by Crippen LogP contribution is 2.66. The van der Waals surface area contributed by atoms with E-state index in [1.54, 1.807) is 6.21 Å². The molecule has 4 nitrogen and oxygen atoms in total. The van der Waals surface area contributed by atoms with Crippen LogP contribution in [0.15, 0.2) is 0 Å². The molecule has 5 fully saturated rings. The molecule has 4 heteroatoms. The third-order valence-corrected chi connectivity index (χ3v) is 9.97. The Morgan fingerprint density at radius 1 is 1.07 bits per heavy atom. The number of ketones is 1. The Hall–Kier alpha value is -0.740. The SMILES string of the molecule is C[C@H]1C[C@@H]2[C@H](CC[C@]3(C=N)C(=O)CC[C@@H]23)[C@@]2(C)CCC(O[C@@H]3CCNC3)CC12. The molecule has 0 amide bonds. The first-order chi connectivity index (χ1) is 13.5. The second-order valence-corrected chi connectivity index (χ2v) is 11.0. The van der Waals surface area contributed by atoms with Crippen molar-refractivity contribution >= 4 is 12.0 Å². The molecule has 0 radical (unpaired) electrons. The number of hydrogen-bond acceptors (Lipinski definition) is 4. The molecule has 28 heavy (non-hydrogen) atoms. The molecule has 0 aromatic carbocycles. The second kappa shape index (κ2) is 6.91. The molecular weight excluding hydrogens is 348 g/mol. The Kier molecular flexibility index (Phi) is 4.74. The lowest BCUT2D eigenvalue weighted by molar-refractivity contribution is -0.154. The van der Waals surface area contributed by atoms with Crippen LogP contribution in [-0.2, 0) is 9.53 Å². The zero-order valence-corrected chi connectivity index (χ0v) is 17.7. The van der Waals surface area contributed by atoms with Crippen molar-refractivity contribution in [1.82, 2.24) is 5.32 Å². The molecule has 5 rings (SSSR count). The molecular formula is C24H38N2O2. The highest BCUT2D eigenvalue weighted by Gasteiger charge is 2.62. The highest BCUT2D eigenvalue weighted by atomic mass is 16.5. The van der Waals surface area contributed by atoms with Crippen LogP contribution >= 0.6 is 0 Å². The maximum absolute atomic E-state index is 12.7. The molecule has 156 valence electrons. The van der Waals surface area contributed by atoms with Crippen LogP contribution in [0.5, 0.6) is 0 Å². The van der Waals surface area contributed by atoms with Crippen LogP contribution in [0.3, 0.4) is 0 Å². The summed E-state index contributed by atoms with van der Waals surface area (Å²) >= 11 is 0. The Morgan fingerprint density at radius 3 is 2.68 bits per heavy atom. The molecule has 4 saturated carbocycles. The molecule has 1 saturated heterocycles. The maximum Gasteiger partial charge on any atom is 0.144 e. The van der Waals surface area contributed by atoms with Gasteiger partial charge >= 0.3 is 0 Å². The summed E-state index contributed by atoms with van der Waals surface area (Å²) in [5.41, 5.74) is -0.00415. The van der Waals surface area contributed by atoms with Crippen molar-refractivity contribution in [1.29, 1.82) is 5.41 Å². The normalized spacial score (nSPS) is 53.4. The van der Waals surface area contributed by atoms with Crippen molar-refractivity contribution in [2.75, 3.05) is 13.1 Å². The summed E-state index contributed by atoms with van der Waals surface area (Å²) < 4.78 is 6.51. The van der Waals surface area contributed by atoms with Crippen molar-refractivity contribution in [3.05, 3.63) is 0 Å². The van der Waals surface area contributed by atoms with Crippen molar-refractivity contribution < 1.29 is 9.53 Å². The Bertz CT molecular complexity index is 645. The smallest absolute Gasteiger partial charge is 0.144 e. The Morgan fingerprint density at radius 2 is 1.93 bits per heavy atom. The predicted octanol–water partition coefficient (Wildman–Crippen LogP) is 4.22. The van der Waals surface area contributed by atoms with Gasteiger partial charge in [-0.25, -0.2) is 0 Å². The highest BCUT2D eigenvalue weighted by molar-refractivity contribution is 6.01. The summed E-state index contributed by atoms with van der Waals surface area (Å²) in [4.78, 5) is 12.7. The standard InChI is InChI=1S/C24H38N2O2/c1-15-11-18-19(6-9-24(14-25)20(18)3-4-22(24)27)23(2)8-5-16(12-21(15)23)28-17-7-10-26-13-17/h14-21,25-26H,3-13H2,1-2H3/t15-,16?,17+,18+,19-,20-,21?,23+,24+/m0/s1. The van der Waals surface area contributed by atoms with E-state index in [4.69, 9.17) is 10.1 Å². The average molecular weight is 387 g/mol. The summed E-state index contributed by atoms with van der Waals surface area (Å²) in [6, 6.07) is 0. The molecule has 1 heterocycles. The third-order valence-electron chi connectivity index (χ3n) is 9.97. The summed E-state index contributed by atoms with van der Waals surface area (Å²) in [5, 5.41) is 11.5. The second-order valence-electron chi connectivity index (χ2n) is 11.0. The number of hydrogen-bond donors (Lipinski definition) is 2. The van der Waals surface area contributed by atoms with Crippen LogP contribution in [0.2, 0.25) is 0 Å². The number of ether oxygens (including phenoxy) is 1. The van der Waals surface area contributed by atoms with E-state index in [2.05, 4.69) is 19.2 Å². The van der Waals surface area contributed by atoms with Gasteiger partial charge in [-0.1, -0.05) is 13.8 Å². The predicted molar refractivity (Wildman–Crippen MR) is 111 cm³/mol. The van der Waals surface area contributed by atoms with E-state index in [-0.39, 0.29) is 0 Å². The van der Waals surface area contributed by atoms with Gasteiger partial charge in [-0.3, -0.25) is 4.79 Å². The van der Waals surface area contributed by atoms with Gasteiger partial charge < -0.3 is 15.5 Å². The number of carbonyl (C=O) groups excluding carboxylic acids is 1. The molecule has 0 bridgehead atoms. The van der Waals surface area contributed by atoms with E-state index in [1.807, 2.05) is 0 Å². The van der Waals surface area contributed by atoms with Crippen LogP contribution in [-0.4, -0.2) is 37.3 Å². The number of carbonyl (C=O) groups is 1. The van der Waals surface area contributed by atoms with Crippen LogP contribution in [0, 0.1) is 45.8 Å². The molecule has 5 aliphatic rings. The number of fused-ring (bicyclic) bond motifs is 5. The van der Waals surface area contributed by atoms with Gasteiger partial charge in [-0.05, 0) is 92.9 Å². The van der Waals surface area contributed by atoms with Gasteiger partial charge in [0.25, 0.3) is 0 Å². The molecule has 0 spiro atoms. The minimum atomic E-state index is -0.403. The zero-order chi connectivity index (χ0) is 19.5. The maximum atomic E-state index is 12.7. The van der Waals surface area contributed by atoms with Gasteiger partial charge in [0.1, 0.15) is 5.78 Å².